The van der Waals surface area contributed by atoms with Crippen LogP contribution >= 0.6 is 0 Å². The predicted molar refractivity (Wildman–Crippen MR) is 71.2 cm³/mol. The van der Waals surface area contributed by atoms with Gasteiger partial charge in [-0.15, -0.1) is 0 Å². The van der Waals surface area contributed by atoms with E-state index in [1.54, 1.807) is 0 Å². The van der Waals surface area contributed by atoms with Crippen molar-refractivity contribution >= 4 is 11.6 Å². The van der Waals surface area contributed by atoms with Gasteiger partial charge >= 0.3 is 0 Å². The highest BCUT2D eigenvalue weighted by atomic mass is 16.5. The van der Waals surface area contributed by atoms with Crippen molar-refractivity contribution in [2.24, 2.45) is 5.92 Å². The molecule has 1 aromatic rings. The summed E-state index contributed by atoms with van der Waals surface area (Å²) in [5.41, 5.74) is 7.49. The number of nitrogens with two attached hydrogens (primary N) is 1. The summed E-state index contributed by atoms with van der Waals surface area (Å²) in [5, 5.41) is 0. The second-order valence-corrected chi connectivity index (χ2v) is 4.88. The van der Waals surface area contributed by atoms with Gasteiger partial charge in [-0.1, -0.05) is 6.92 Å². The molecule has 0 aliphatic carbocycles. The number of carbonyl (C=O) groups is 1. The number of ether oxygens (including phenoxy) is 1. The van der Waals surface area contributed by atoms with Gasteiger partial charge in [-0.05, 0) is 31.0 Å². The zero-order chi connectivity index (χ0) is 13.1. The summed E-state index contributed by atoms with van der Waals surface area (Å²) in [4.78, 5) is 13.7. The molecule has 1 aliphatic heterocycles. The minimum Gasteiger partial charge on any atom is -0.494 e. The van der Waals surface area contributed by atoms with Crippen molar-refractivity contribution < 1.29 is 9.53 Å². The summed E-state index contributed by atoms with van der Waals surface area (Å²) in [6.07, 6.45) is 0.645. The monoisotopic (exact) mass is 248 g/mol. The van der Waals surface area contributed by atoms with Gasteiger partial charge in [0.25, 0.3) is 0 Å². The number of nitrogen functional groups attached to an aromatic ring is 1. The topological polar surface area (TPSA) is 55.6 Å². The Balaban J connectivity index is 2.17. The average Bonchev–Trinajstić information content (AvgIpc) is 2.61. The van der Waals surface area contributed by atoms with Crippen LogP contribution in [0.25, 0.3) is 0 Å². The van der Waals surface area contributed by atoms with Gasteiger partial charge in [0.15, 0.2) is 0 Å². The van der Waals surface area contributed by atoms with E-state index in [-0.39, 0.29) is 5.91 Å². The van der Waals surface area contributed by atoms with Crippen LogP contribution in [-0.4, -0.2) is 24.0 Å². The van der Waals surface area contributed by atoms with Crippen molar-refractivity contribution in [3.8, 4) is 5.75 Å². The summed E-state index contributed by atoms with van der Waals surface area (Å²) < 4.78 is 5.57. The van der Waals surface area contributed by atoms with E-state index in [0.29, 0.717) is 31.2 Å². The third-order valence-electron chi connectivity index (χ3n) is 3.15. The number of anilines is 1. The summed E-state index contributed by atoms with van der Waals surface area (Å²) >= 11 is 0. The Hall–Kier alpha value is -1.71. The molecule has 0 radical (unpaired) electrons. The van der Waals surface area contributed by atoms with Crippen molar-refractivity contribution in [1.82, 2.24) is 4.90 Å². The molecule has 1 unspecified atom stereocenters. The lowest BCUT2D eigenvalue weighted by molar-refractivity contribution is -0.128. The van der Waals surface area contributed by atoms with Gasteiger partial charge in [-0.25, -0.2) is 0 Å². The van der Waals surface area contributed by atoms with Crippen LogP contribution in [-0.2, 0) is 11.3 Å². The molecule has 0 aromatic heterocycles. The third-order valence-corrected chi connectivity index (χ3v) is 3.15. The minimum absolute atomic E-state index is 0.215. The van der Waals surface area contributed by atoms with Crippen LogP contribution in [0.15, 0.2) is 18.2 Å². The van der Waals surface area contributed by atoms with Crippen molar-refractivity contribution in [3.05, 3.63) is 23.8 Å². The molecule has 0 bridgehead atoms. The van der Waals surface area contributed by atoms with E-state index >= 15 is 0 Å². The fourth-order valence-corrected chi connectivity index (χ4v) is 2.35. The first-order chi connectivity index (χ1) is 8.60. The molecule has 1 aromatic carbocycles. The van der Waals surface area contributed by atoms with Gasteiger partial charge in [-0.3, -0.25) is 4.79 Å². The van der Waals surface area contributed by atoms with E-state index in [1.807, 2.05) is 30.0 Å². The van der Waals surface area contributed by atoms with Gasteiger partial charge in [-0.2, -0.15) is 0 Å². The van der Waals surface area contributed by atoms with Crippen LogP contribution in [0.1, 0.15) is 25.8 Å². The molecule has 18 heavy (non-hydrogen) atoms. The molecule has 0 spiro atoms. The van der Waals surface area contributed by atoms with Gasteiger partial charge in [0, 0.05) is 30.8 Å². The average molecular weight is 248 g/mol. The maximum absolute atomic E-state index is 11.8. The van der Waals surface area contributed by atoms with Crippen LogP contribution < -0.4 is 10.5 Å². The Morgan fingerprint density at radius 3 is 2.89 bits per heavy atom. The molecule has 1 fully saturated rings. The first-order valence-corrected chi connectivity index (χ1v) is 6.39. The molecule has 2 rings (SSSR count). The highest BCUT2D eigenvalue weighted by molar-refractivity contribution is 5.78. The van der Waals surface area contributed by atoms with Crippen LogP contribution in [0.4, 0.5) is 5.69 Å². The first kappa shape index (κ1) is 12.7. The van der Waals surface area contributed by atoms with Crippen molar-refractivity contribution in [2.45, 2.75) is 26.8 Å². The molecule has 98 valence electrons. The molecule has 4 heteroatoms. The van der Waals surface area contributed by atoms with Crippen molar-refractivity contribution in [2.75, 3.05) is 18.9 Å². The minimum atomic E-state index is 0.215. The molecular weight excluding hydrogens is 228 g/mol. The number of benzene rings is 1. The molecule has 1 atom stereocenters. The Labute approximate surface area is 108 Å². The Morgan fingerprint density at radius 2 is 2.28 bits per heavy atom. The fraction of sp³-hybridized carbons (Fsp3) is 0.500. The Morgan fingerprint density at radius 1 is 1.50 bits per heavy atom. The lowest BCUT2D eigenvalue weighted by atomic mass is 10.1. The molecule has 4 nitrogen and oxygen atoms in total. The smallest absolute Gasteiger partial charge is 0.223 e. The SMILES string of the molecule is CCOc1ccc(N)cc1CN1CC(C)CC1=O. The van der Waals surface area contributed by atoms with E-state index in [2.05, 4.69) is 6.92 Å². The number of likely N-dealkylation sites (tertiary alicyclic amines) is 1. The predicted octanol–water partition coefficient (Wildman–Crippen LogP) is 2.04. The zero-order valence-corrected chi connectivity index (χ0v) is 11.0. The number of carbonyl (C=O) groups excluding carboxylic acids is 1. The standard InChI is InChI=1S/C14H20N2O2/c1-3-18-13-5-4-12(15)7-11(13)9-16-8-10(2)6-14(16)17/h4-5,7,10H,3,6,8-9,15H2,1-2H3. The van der Waals surface area contributed by atoms with Crippen LogP contribution in [0, 0.1) is 5.92 Å². The number of rotatable bonds is 4. The summed E-state index contributed by atoms with van der Waals surface area (Å²) in [5.74, 6) is 1.47. The Kier molecular flexibility index (Phi) is 3.75. The third kappa shape index (κ3) is 2.75. The van der Waals surface area contributed by atoms with Crippen LogP contribution in [0.3, 0.4) is 0 Å². The molecule has 1 saturated heterocycles. The number of hydrogen-bond donors (Lipinski definition) is 1. The molecular formula is C14H20N2O2. The van der Waals surface area contributed by atoms with E-state index < -0.39 is 0 Å². The second-order valence-electron chi connectivity index (χ2n) is 4.88. The summed E-state index contributed by atoms with van der Waals surface area (Å²) in [7, 11) is 0. The second kappa shape index (κ2) is 5.29. The quantitative estimate of drug-likeness (QED) is 0.829. The van der Waals surface area contributed by atoms with Crippen LogP contribution in [0.5, 0.6) is 5.75 Å². The first-order valence-electron chi connectivity index (χ1n) is 6.39. The highest BCUT2D eigenvalue weighted by Crippen LogP contribution is 2.26. The maximum Gasteiger partial charge on any atom is 0.223 e. The number of hydrogen-bond acceptors (Lipinski definition) is 3. The fourth-order valence-electron chi connectivity index (χ4n) is 2.35. The normalized spacial score (nSPS) is 19.3. The van der Waals surface area contributed by atoms with Crippen molar-refractivity contribution in [1.29, 1.82) is 0 Å². The lowest BCUT2D eigenvalue weighted by Gasteiger charge is -2.19. The van der Waals surface area contributed by atoms with E-state index in [1.165, 1.54) is 0 Å². The summed E-state index contributed by atoms with van der Waals surface area (Å²) in [6.45, 7) is 6.06. The van der Waals surface area contributed by atoms with E-state index in [9.17, 15) is 4.79 Å². The summed E-state index contributed by atoms with van der Waals surface area (Å²) in [6, 6.07) is 5.59. The van der Waals surface area contributed by atoms with Gasteiger partial charge in [0.05, 0.1) is 6.61 Å². The molecule has 1 aliphatic rings. The number of nitrogens with zero attached hydrogens (tertiary/aromatic N) is 1. The van der Waals surface area contributed by atoms with Gasteiger partial charge < -0.3 is 15.4 Å². The molecule has 1 amide bonds. The lowest BCUT2D eigenvalue weighted by Crippen LogP contribution is -2.24. The van der Waals surface area contributed by atoms with Crippen molar-refractivity contribution in [3.63, 3.8) is 0 Å². The van der Waals surface area contributed by atoms with Crippen LogP contribution in [0.2, 0.25) is 0 Å². The highest BCUT2D eigenvalue weighted by Gasteiger charge is 2.26. The molecule has 0 saturated carbocycles. The maximum atomic E-state index is 11.8. The van der Waals surface area contributed by atoms with E-state index in [4.69, 9.17) is 10.5 Å². The van der Waals surface area contributed by atoms with Gasteiger partial charge in [0.2, 0.25) is 5.91 Å². The Bertz CT molecular complexity index is 445. The number of amides is 1. The molecule has 1 heterocycles. The van der Waals surface area contributed by atoms with E-state index in [0.717, 1.165) is 17.9 Å². The molecule has 2 N–H and O–H groups in total. The zero-order valence-electron chi connectivity index (χ0n) is 11.0. The van der Waals surface area contributed by atoms with Gasteiger partial charge in [0.1, 0.15) is 5.75 Å². The largest absolute Gasteiger partial charge is 0.494 e.